The molecule has 1 aliphatic heterocycles. The van der Waals surface area contributed by atoms with Crippen molar-refractivity contribution in [2.45, 2.75) is 18.8 Å². The number of rotatable bonds is 5. The van der Waals surface area contributed by atoms with E-state index in [-0.39, 0.29) is 11.7 Å². The quantitative estimate of drug-likeness (QED) is 0.609. The Kier molecular flexibility index (Phi) is 4.12. The number of furan rings is 1. The number of aromatic nitrogens is 4. The molecule has 5 rings (SSSR count). The van der Waals surface area contributed by atoms with Gasteiger partial charge in [-0.25, -0.2) is 4.98 Å². The minimum atomic E-state index is -0.304. The molecule has 28 heavy (non-hydrogen) atoms. The molecule has 0 spiro atoms. The van der Waals surface area contributed by atoms with Gasteiger partial charge in [-0.05, 0) is 12.8 Å². The zero-order valence-electron chi connectivity index (χ0n) is 15.5. The fraction of sp³-hybridized carbons (Fsp3) is 0.444. The zero-order chi connectivity index (χ0) is 19.1. The first-order valence-corrected chi connectivity index (χ1v) is 9.40. The minimum absolute atomic E-state index is 0.203. The molecule has 1 aliphatic carbocycles. The Morgan fingerprint density at radius 2 is 2.07 bits per heavy atom. The minimum Gasteiger partial charge on any atom is -0.445 e. The number of aromatic amines is 1. The van der Waals surface area contributed by atoms with E-state index < -0.39 is 0 Å². The van der Waals surface area contributed by atoms with E-state index in [9.17, 15) is 4.79 Å². The van der Waals surface area contributed by atoms with Crippen molar-refractivity contribution in [2.24, 2.45) is 0 Å². The van der Waals surface area contributed by atoms with Gasteiger partial charge in [0.25, 0.3) is 5.91 Å². The molecule has 3 aromatic heterocycles. The maximum Gasteiger partial charge on any atom is 0.286 e. The SMILES string of the molecule is CNC(=O)c1cc2nc(Nc3cc(C4CC4)[nH]n3)nc(N3CCOCC3)c2o1. The third kappa shape index (κ3) is 3.15. The summed E-state index contributed by atoms with van der Waals surface area (Å²) in [5.41, 5.74) is 2.18. The molecule has 3 aromatic rings. The van der Waals surface area contributed by atoms with E-state index in [4.69, 9.17) is 9.15 Å². The standard InChI is InChI=1S/C18H21N7O3/c1-19-17(26)13-8-12-15(28-13)16(25-4-6-27-7-5-25)22-18(20-12)21-14-9-11(23-24-14)10-2-3-10/h8-10H,2-7H2,1H3,(H,19,26)(H2,20,21,22,23,24). The van der Waals surface area contributed by atoms with Gasteiger partial charge in [-0.2, -0.15) is 10.1 Å². The lowest BCUT2D eigenvalue weighted by Crippen LogP contribution is -2.37. The van der Waals surface area contributed by atoms with Crippen LogP contribution in [0.25, 0.3) is 11.1 Å². The van der Waals surface area contributed by atoms with Crippen LogP contribution in [-0.4, -0.2) is 59.4 Å². The molecule has 0 atom stereocenters. The van der Waals surface area contributed by atoms with Crippen LogP contribution in [0, 0.1) is 0 Å². The number of anilines is 3. The van der Waals surface area contributed by atoms with Crippen molar-refractivity contribution in [3.8, 4) is 0 Å². The third-order valence-corrected chi connectivity index (χ3v) is 4.97. The number of hydrogen-bond donors (Lipinski definition) is 3. The van der Waals surface area contributed by atoms with E-state index in [1.807, 2.05) is 6.07 Å². The first kappa shape index (κ1) is 17.0. The summed E-state index contributed by atoms with van der Waals surface area (Å²) < 4.78 is 11.2. The molecule has 2 fully saturated rings. The highest BCUT2D eigenvalue weighted by molar-refractivity contribution is 5.97. The molecule has 3 N–H and O–H groups in total. The number of amides is 1. The highest BCUT2D eigenvalue weighted by atomic mass is 16.5. The van der Waals surface area contributed by atoms with Crippen LogP contribution in [0.2, 0.25) is 0 Å². The molecule has 1 saturated carbocycles. The molecule has 10 heteroatoms. The Morgan fingerprint density at radius 3 is 2.82 bits per heavy atom. The van der Waals surface area contributed by atoms with Gasteiger partial charge in [0.05, 0.1) is 13.2 Å². The van der Waals surface area contributed by atoms with Gasteiger partial charge in [0.1, 0.15) is 5.52 Å². The molecule has 4 heterocycles. The van der Waals surface area contributed by atoms with E-state index in [1.165, 1.54) is 12.8 Å². The molecule has 0 aromatic carbocycles. The average Bonchev–Trinajstić information content (AvgIpc) is 3.32. The predicted octanol–water partition coefficient (Wildman–Crippen LogP) is 1.76. The number of hydrogen-bond acceptors (Lipinski definition) is 8. The van der Waals surface area contributed by atoms with Gasteiger partial charge in [-0.3, -0.25) is 9.89 Å². The predicted molar refractivity (Wildman–Crippen MR) is 102 cm³/mol. The lowest BCUT2D eigenvalue weighted by atomic mass is 10.3. The van der Waals surface area contributed by atoms with E-state index in [2.05, 4.69) is 35.7 Å². The average molecular weight is 383 g/mol. The van der Waals surface area contributed by atoms with Gasteiger partial charge in [-0.1, -0.05) is 0 Å². The Hall–Kier alpha value is -3.14. The summed E-state index contributed by atoms with van der Waals surface area (Å²) in [4.78, 5) is 23.3. The Balaban J connectivity index is 1.53. The van der Waals surface area contributed by atoms with Gasteiger partial charge < -0.3 is 24.7 Å². The summed E-state index contributed by atoms with van der Waals surface area (Å²) >= 11 is 0. The second-order valence-corrected chi connectivity index (χ2v) is 6.98. The number of carbonyl (C=O) groups is 1. The number of morpholine rings is 1. The van der Waals surface area contributed by atoms with Gasteiger partial charge in [0.15, 0.2) is 23.0 Å². The summed E-state index contributed by atoms with van der Waals surface area (Å²) in [7, 11) is 1.56. The van der Waals surface area contributed by atoms with Crippen LogP contribution >= 0.6 is 0 Å². The van der Waals surface area contributed by atoms with Crippen LogP contribution in [0.1, 0.15) is 35.0 Å². The maximum absolute atomic E-state index is 12.0. The zero-order valence-corrected chi connectivity index (χ0v) is 15.5. The van der Waals surface area contributed by atoms with Gasteiger partial charge >= 0.3 is 0 Å². The summed E-state index contributed by atoms with van der Waals surface area (Å²) in [5.74, 6) is 2.20. The van der Waals surface area contributed by atoms with E-state index >= 15 is 0 Å². The molecule has 1 amide bonds. The second-order valence-electron chi connectivity index (χ2n) is 6.98. The second kappa shape index (κ2) is 6.79. The summed E-state index contributed by atoms with van der Waals surface area (Å²) in [6, 6.07) is 3.62. The Morgan fingerprint density at radius 1 is 1.25 bits per heavy atom. The maximum atomic E-state index is 12.0. The van der Waals surface area contributed by atoms with Crippen molar-refractivity contribution in [1.29, 1.82) is 0 Å². The molecule has 10 nitrogen and oxygen atoms in total. The summed E-state index contributed by atoms with van der Waals surface area (Å²) in [5, 5.41) is 13.1. The number of nitrogens with zero attached hydrogens (tertiary/aromatic N) is 4. The van der Waals surface area contributed by atoms with Crippen molar-refractivity contribution < 1.29 is 13.9 Å². The lowest BCUT2D eigenvalue weighted by molar-refractivity contribution is 0.0937. The van der Waals surface area contributed by atoms with E-state index in [0.717, 1.165) is 5.69 Å². The van der Waals surface area contributed by atoms with Crippen LogP contribution in [0.5, 0.6) is 0 Å². The van der Waals surface area contributed by atoms with Crippen molar-refractivity contribution in [2.75, 3.05) is 43.6 Å². The molecule has 0 unspecified atom stereocenters. The normalized spacial score (nSPS) is 17.1. The van der Waals surface area contributed by atoms with Gasteiger partial charge in [0.2, 0.25) is 5.95 Å². The molecule has 0 bridgehead atoms. The summed E-state index contributed by atoms with van der Waals surface area (Å²) in [6.07, 6.45) is 2.39. The third-order valence-electron chi connectivity index (χ3n) is 4.97. The largest absolute Gasteiger partial charge is 0.445 e. The van der Waals surface area contributed by atoms with Crippen molar-refractivity contribution >= 4 is 34.6 Å². The van der Waals surface area contributed by atoms with Crippen molar-refractivity contribution in [3.63, 3.8) is 0 Å². The molecule has 2 aliphatic rings. The number of fused-ring (bicyclic) bond motifs is 1. The number of H-pyrrole nitrogens is 1. The monoisotopic (exact) mass is 383 g/mol. The number of nitrogens with one attached hydrogen (secondary N) is 3. The first-order chi connectivity index (χ1) is 13.7. The van der Waals surface area contributed by atoms with Crippen molar-refractivity contribution in [1.82, 2.24) is 25.5 Å². The first-order valence-electron chi connectivity index (χ1n) is 9.40. The Bertz CT molecular complexity index is 1020. The molecular formula is C18H21N7O3. The van der Waals surface area contributed by atoms with E-state index in [0.29, 0.717) is 60.9 Å². The highest BCUT2D eigenvalue weighted by Crippen LogP contribution is 2.39. The van der Waals surface area contributed by atoms with E-state index in [1.54, 1.807) is 13.1 Å². The molecule has 0 radical (unpaired) electrons. The van der Waals surface area contributed by atoms with Crippen LogP contribution in [0.3, 0.4) is 0 Å². The van der Waals surface area contributed by atoms with Crippen LogP contribution in [0.4, 0.5) is 17.6 Å². The van der Waals surface area contributed by atoms with Gasteiger partial charge in [-0.15, -0.1) is 0 Å². The molecule has 146 valence electrons. The summed E-state index contributed by atoms with van der Waals surface area (Å²) in [6.45, 7) is 2.61. The topological polar surface area (TPSA) is 121 Å². The number of ether oxygens (including phenoxy) is 1. The molecular weight excluding hydrogens is 362 g/mol. The van der Waals surface area contributed by atoms with Crippen LogP contribution in [-0.2, 0) is 4.74 Å². The fourth-order valence-corrected chi connectivity index (χ4v) is 3.31. The van der Waals surface area contributed by atoms with Crippen LogP contribution < -0.4 is 15.5 Å². The molecule has 1 saturated heterocycles. The van der Waals surface area contributed by atoms with Gasteiger partial charge in [0, 0.05) is 43.9 Å². The Labute approximate surface area is 160 Å². The van der Waals surface area contributed by atoms with Crippen LogP contribution in [0.15, 0.2) is 16.5 Å². The smallest absolute Gasteiger partial charge is 0.286 e. The lowest BCUT2D eigenvalue weighted by Gasteiger charge is -2.27. The number of carbonyl (C=O) groups excluding carboxylic acids is 1. The van der Waals surface area contributed by atoms with Crippen molar-refractivity contribution in [3.05, 3.63) is 23.6 Å². The fourth-order valence-electron chi connectivity index (χ4n) is 3.31. The highest BCUT2D eigenvalue weighted by Gasteiger charge is 2.26.